The van der Waals surface area contributed by atoms with E-state index in [-0.39, 0.29) is 11.9 Å². The number of nitrogens with zero attached hydrogens (tertiary/aromatic N) is 2. The van der Waals surface area contributed by atoms with E-state index in [1.807, 2.05) is 36.4 Å². The van der Waals surface area contributed by atoms with Crippen LogP contribution in [0.4, 0.5) is 0 Å². The molecule has 0 spiro atoms. The summed E-state index contributed by atoms with van der Waals surface area (Å²) in [5.41, 5.74) is 2.78. The first kappa shape index (κ1) is 18.4. The summed E-state index contributed by atoms with van der Waals surface area (Å²) in [6.07, 6.45) is 0.631. The summed E-state index contributed by atoms with van der Waals surface area (Å²) < 4.78 is 6.99. The van der Waals surface area contributed by atoms with Crippen molar-refractivity contribution in [3.8, 4) is 5.75 Å². The second-order valence-corrected chi connectivity index (χ2v) is 7.80. The number of methoxy groups -OCH3 is 1. The molecule has 130 valence electrons. The van der Waals surface area contributed by atoms with Crippen molar-refractivity contribution >= 4 is 55.1 Å². The van der Waals surface area contributed by atoms with Crippen molar-refractivity contribution in [2.75, 3.05) is 7.11 Å². The van der Waals surface area contributed by atoms with Crippen LogP contribution in [0, 0.1) is 0 Å². The standard InChI is InChI=1S/C18H15Br2ClN2O2/c1-10(24)23-17(11-3-5-13(21)6-4-11)9-16(22-23)12-7-14(19)18(25-2)15(20)8-12/h3-8,17H,9H2,1-2H3. The number of carbonyl (C=O) groups excluding carboxylic acids is 1. The third kappa shape index (κ3) is 3.76. The minimum absolute atomic E-state index is 0.0957. The number of hydrogen-bond donors (Lipinski definition) is 0. The molecule has 0 radical (unpaired) electrons. The van der Waals surface area contributed by atoms with Crippen LogP contribution in [0.3, 0.4) is 0 Å². The molecule has 0 aromatic heterocycles. The van der Waals surface area contributed by atoms with Gasteiger partial charge < -0.3 is 4.74 Å². The molecule has 0 aliphatic carbocycles. The van der Waals surface area contributed by atoms with Gasteiger partial charge in [0.15, 0.2) is 0 Å². The summed E-state index contributed by atoms with van der Waals surface area (Å²) in [5, 5.41) is 6.76. The van der Waals surface area contributed by atoms with Crippen molar-refractivity contribution in [2.45, 2.75) is 19.4 Å². The Kier molecular flexibility index (Phi) is 5.51. The van der Waals surface area contributed by atoms with Gasteiger partial charge in [0.25, 0.3) is 0 Å². The molecule has 1 amide bonds. The van der Waals surface area contributed by atoms with E-state index < -0.39 is 0 Å². The maximum absolute atomic E-state index is 12.1. The molecule has 0 fully saturated rings. The first-order chi connectivity index (χ1) is 11.9. The summed E-state index contributed by atoms with van der Waals surface area (Å²) in [5.74, 6) is 0.626. The topological polar surface area (TPSA) is 41.9 Å². The van der Waals surface area contributed by atoms with Crippen molar-refractivity contribution in [1.29, 1.82) is 0 Å². The first-order valence-electron chi connectivity index (χ1n) is 7.57. The Morgan fingerprint density at radius 1 is 1.24 bits per heavy atom. The summed E-state index contributed by atoms with van der Waals surface area (Å²) in [6.45, 7) is 1.52. The van der Waals surface area contributed by atoms with Gasteiger partial charge in [-0.2, -0.15) is 5.10 Å². The normalized spacial score (nSPS) is 16.8. The highest BCUT2D eigenvalue weighted by atomic mass is 79.9. The van der Waals surface area contributed by atoms with Crippen molar-refractivity contribution in [3.63, 3.8) is 0 Å². The molecule has 4 nitrogen and oxygen atoms in total. The zero-order chi connectivity index (χ0) is 18.1. The Labute approximate surface area is 168 Å². The fourth-order valence-corrected chi connectivity index (χ4v) is 4.48. The van der Waals surface area contributed by atoms with Crippen LogP contribution in [0.2, 0.25) is 5.02 Å². The van der Waals surface area contributed by atoms with Crippen molar-refractivity contribution < 1.29 is 9.53 Å². The second kappa shape index (κ2) is 7.48. The molecule has 1 heterocycles. The molecule has 1 aliphatic rings. The second-order valence-electron chi connectivity index (χ2n) is 5.65. The lowest BCUT2D eigenvalue weighted by atomic mass is 9.98. The largest absolute Gasteiger partial charge is 0.494 e. The number of halogens is 3. The number of hydrogen-bond acceptors (Lipinski definition) is 3. The van der Waals surface area contributed by atoms with E-state index in [0.717, 1.165) is 31.5 Å². The molecule has 7 heteroatoms. The Hall–Kier alpha value is -1.37. The molecular weight excluding hydrogens is 471 g/mol. The van der Waals surface area contributed by atoms with E-state index >= 15 is 0 Å². The number of carbonyl (C=O) groups is 1. The molecule has 1 unspecified atom stereocenters. The van der Waals surface area contributed by atoms with Gasteiger partial charge in [-0.25, -0.2) is 5.01 Å². The summed E-state index contributed by atoms with van der Waals surface area (Å²) >= 11 is 13.0. The van der Waals surface area contributed by atoms with E-state index in [2.05, 4.69) is 37.0 Å². The van der Waals surface area contributed by atoms with Gasteiger partial charge >= 0.3 is 0 Å². The molecule has 0 saturated heterocycles. The van der Waals surface area contributed by atoms with Crippen LogP contribution in [-0.4, -0.2) is 23.7 Å². The first-order valence-corrected chi connectivity index (χ1v) is 9.53. The quantitative estimate of drug-likeness (QED) is 0.569. The van der Waals surface area contributed by atoms with Gasteiger partial charge in [0.05, 0.1) is 27.8 Å². The minimum Gasteiger partial charge on any atom is -0.494 e. The molecule has 3 rings (SSSR count). The van der Waals surface area contributed by atoms with Gasteiger partial charge in [0, 0.05) is 23.9 Å². The highest BCUT2D eigenvalue weighted by Crippen LogP contribution is 2.38. The Morgan fingerprint density at radius 3 is 2.36 bits per heavy atom. The number of ether oxygens (including phenoxy) is 1. The molecule has 2 aromatic rings. The molecule has 0 saturated carbocycles. The minimum atomic E-state index is -0.135. The molecule has 1 atom stereocenters. The molecule has 0 N–H and O–H groups in total. The molecule has 0 bridgehead atoms. The van der Waals surface area contributed by atoms with E-state index in [1.54, 1.807) is 7.11 Å². The van der Waals surface area contributed by atoms with Crippen LogP contribution in [0.5, 0.6) is 5.75 Å². The highest BCUT2D eigenvalue weighted by Gasteiger charge is 2.31. The number of benzene rings is 2. The maximum Gasteiger partial charge on any atom is 0.240 e. The average Bonchev–Trinajstić information content (AvgIpc) is 3.01. The monoisotopic (exact) mass is 484 g/mol. The van der Waals surface area contributed by atoms with E-state index in [1.165, 1.54) is 11.9 Å². The average molecular weight is 487 g/mol. The van der Waals surface area contributed by atoms with Crippen LogP contribution >= 0.6 is 43.5 Å². The van der Waals surface area contributed by atoms with Crippen LogP contribution in [0.25, 0.3) is 0 Å². The van der Waals surface area contributed by atoms with Crippen LogP contribution in [-0.2, 0) is 4.79 Å². The van der Waals surface area contributed by atoms with Crippen molar-refractivity contribution in [3.05, 3.63) is 61.5 Å². The molecule has 25 heavy (non-hydrogen) atoms. The maximum atomic E-state index is 12.1. The van der Waals surface area contributed by atoms with Crippen molar-refractivity contribution in [1.82, 2.24) is 5.01 Å². The zero-order valence-electron chi connectivity index (χ0n) is 13.6. The van der Waals surface area contributed by atoms with E-state index in [0.29, 0.717) is 11.4 Å². The molecular formula is C18H15Br2ClN2O2. The fraction of sp³-hybridized carbons (Fsp3) is 0.222. The lowest BCUT2D eigenvalue weighted by Crippen LogP contribution is -2.24. The van der Waals surface area contributed by atoms with Gasteiger partial charge in [-0.05, 0) is 61.7 Å². The summed E-state index contributed by atoms with van der Waals surface area (Å²) in [7, 11) is 1.62. The highest BCUT2D eigenvalue weighted by molar-refractivity contribution is 9.11. The Bertz CT molecular complexity index is 830. The lowest BCUT2D eigenvalue weighted by molar-refractivity contribution is -0.130. The molecule has 1 aliphatic heterocycles. The lowest BCUT2D eigenvalue weighted by Gasteiger charge is -2.20. The van der Waals surface area contributed by atoms with Crippen molar-refractivity contribution in [2.24, 2.45) is 5.10 Å². The van der Waals surface area contributed by atoms with Crippen LogP contribution in [0.15, 0.2) is 50.4 Å². The smallest absolute Gasteiger partial charge is 0.240 e. The van der Waals surface area contributed by atoms with E-state index in [9.17, 15) is 4.79 Å². The molecule has 2 aromatic carbocycles. The van der Waals surface area contributed by atoms with Gasteiger partial charge in [-0.1, -0.05) is 23.7 Å². The number of amides is 1. The van der Waals surface area contributed by atoms with E-state index in [4.69, 9.17) is 16.3 Å². The third-order valence-electron chi connectivity index (χ3n) is 4.02. The third-order valence-corrected chi connectivity index (χ3v) is 5.45. The summed E-state index contributed by atoms with van der Waals surface area (Å²) in [4.78, 5) is 12.1. The summed E-state index contributed by atoms with van der Waals surface area (Å²) in [6, 6.07) is 11.3. The van der Waals surface area contributed by atoms with Crippen LogP contribution in [0.1, 0.15) is 30.5 Å². The Balaban J connectivity index is 1.97. The predicted molar refractivity (Wildman–Crippen MR) is 106 cm³/mol. The van der Waals surface area contributed by atoms with Crippen LogP contribution < -0.4 is 4.74 Å². The van der Waals surface area contributed by atoms with Gasteiger partial charge in [0.2, 0.25) is 5.91 Å². The number of hydrazone groups is 1. The fourth-order valence-electron chi connectivity index (χ4n) is 2.84. The predicted octanol–water partition coefficient (Wildman–Crippen LogP) is 5.57. The van der Waals surface area contributed by atoms with Gasteiger partial charge in [0.1, 0.15) is 5.75 Å². The Morgan fingerprint density at radius 2 is 1.84 bits per heavy atom. The SMILES string of the molecule is COc1c(Br)cc(C2=NN(C(C)=O)C(c3ccc(Cl)cc3)C2)cc1Br. The van der Waals surface area contributed by atoms with Gasteiger partial charge in [-0.15, -0.1) is 0 Å². The zero-order valence-corrected chi connectivity index (χ0v) is 17.5. The van der Waals surface area contributed by atoms with Gasteiger partial charge in [-0.3, -0.25) is 4.79 Å². The number of rotatable bonds is 3.